The molecule has 17 heavy (non-hydrogen) atoms. The van der Waals surface area contributed by atoms with Crippen molar-refractivity contribution >= 4 is 11.6 Å². The molecule has 1 fully saturated rings. The quantitative estimate of drug-likeness (QED) is 0.778. The molecule has 1 atom stereocenters. The van der Waals surface area contributed by atoms with Gasteiger partial charge < -0.3 is 5.32 Å². The number of benzene rings is 1. The topological polar surface area (TPSA) is 41.5 Å². The van der Waals surface area contributed by atoms with Gasteiger partial charge in [0.25, 0.3) is 0 Å². The number of piperidine rings is 1. The molecule has 0 saturated carbocycles. The Hall–Kier alpha value is -1.64. The van der Waals surface area contributed by atoms with E-state index in [4.69, 9.17) is 0 Å². The van der Waals surface area contributed by atoms with Crippen molar-refractivity contribution in [3.05, 3.63) is 35.4 Å². The fraction of sp³-hybridized carbons (Fsp3) is 0.429. The molecule has 0 radical (unpaired) electrons. The number of rotatable bonds is 1. The van der Waals surface area contributed by atoms with Crippen LogP contribution < -0.4 is 5.32 Å². The second kappa shape index (κ2) is 4.32. The van der Waals surface area contributed by atoms with Crippen LogP contribution in [0.1, 0.15) is 24.0 Å². The molecular weight excluding hydrogens is 212 g/mol. The lowest BCUT2D eigenvalue weighted by atomic mass is 9.84. The van der Waals surface area contributed by atoms with Crippen LogP contribution in [-0.2, 0) is 11.2 Å². The Bertz CT molecular complexity index is 479. The lowest BCUT2D eigenvalue weighted by Gasteiger charge is -2.27. The van der Waals surface area contributed by atoms with Crippen molar-refractivity contribution in [2.75, 3.05) is 13.1 Å². The monoisotopic (exact) mass is 228 g/mol. The molecule has 2 heterocycles. The van der Waals surface area contributed by atoms with Crippen molar-refractivity contribution in [1.82, 2.24) is 5.32 Å². The van der Waals surface area contributed by atoms with E-state index < -0.39 is 0 Å². The Morgan fingerprint density at radius 3 is 3.06 bits per heavy atom. The zero-order valence-electron chi connectivity index (χ0n) is 9.78. The lowest BCUT2D eigenvalue weighted by Crippen LogP contribution is -2.37. The van der Waals surface area contributed by atoms with E-state index in [1.165, 1.54) is 11.1 Å². The number of fused-ring (bicyclic) bond motifs is 1. The third-order valence-corrected chi connectivity index (χ3v) is 3.59. The number of carbonyl (C=O) groups excluding carboxylic acids is 1. The van der Waals surface area contributed by atoms with Crippen LogP contribution in [0.2, 0.25) is 0 Å². The molecule has 1 saturated heterocycles. The maximum Gasteiger partial charge on any atom is 0.220 e. The minimum atomic E-state index is 0.159. The molecule has 88 valence electrons. The van der Waals surface area contributed by atoms with Gasteiger partial charge in [-0.15, -0.1) is 0 Å². The zero-order valence-corrected chi connectivity index (χ0v) is 9.78. The molecule has 1 aromatic carbocycles. The Morgan fingerprint density at radius 2 is 2.18 bits per heavy atom. The van der Waals surface area contributed by atoms with E-state index in [1.807, 2.05) is 0 Å². The molecule has 1 N–H and O–H groups in total. The predicted octanol–water partition coefficient (Wildman–Crippen LogP) is 1.56. The molecule has 1 amide bonds. The number of hydrogen-bond acceptors (Lipinski definition) is 2. The molecule has 0 bridgehead atoms. The lowest BCUT2D eigenvalue weighted by molar-refractivity contribution is -0.122. The van der Waals surface area contributed by atoms with E-state index >= 15 is 0 Å². The van der Waals surface area contributed by atoms with E-state index in [0.717, 1.165) is 31.6 Å². The van der Waals surface area contributed by atoms with Crippen LogP contribution in [-0.4, -0.2) is 24.7 Å². The van der Waals surface area contributed by atoms with Gasteiger partial charge >= 0.3 is 0 Å². The van der Waals surface area contributed by atoms with Crippen LogP contribution in [0.15, 0.2) is 29.3 Å². The third kappa shape index (κ3) is 1.97. The summed E-state index contributed by atoms with van der Waals surface area (Å²) in [4.78, 5) is 16.1. The maximum absolute atomic E-state index is 11.5. The van der Waals surface area contributed by atoms with Gasteiger partial charge in [-0.3, -0.25) is 9.79 Å². The summed E-state index contributed by atoms with van der Waals surface area (Å²) >= 11 is 0. The summed E-state index contributed by atoms with van der Waals surface area (Å²) in [6.45, 7) is 1.65. The highest BCUT2D eigenvalue weighted by Crippen LogP contribution is 2.25. The maximum atomic E-state index is 11.5. The van der Waals surface area contributed by atoms with E-state index in [2.05, 4.69) is 34.6 Å². The molecule has 0 aromatic heterocycles. The van der Waals surface area contributed by atoms with Gasteiger partial charge in [-0.05, 0) is 24.0 Å². The summed E-state index contributed by atoms with van der Waals surface area (Å²) in [7, 11) is 0. The van der Waals surface area contributed by atoms with Crippen LogP contribution >= 0.6 is 0 Å². The van der Waals surface area contributed by atoms with Crippen LogP contribution in [0.3, 0.4) is 0 Å². The van der Waals surface area contributed by atoms with Crippen LogP contribution in [0.4, 0.5) is 0 Å². The first-order valence-corrected chi connectivity index (χ1v) is 6.24. The molecule has 2 aliphatic heterocycles. The number of nitrogens with one attached hydrogen (secondary N) is 1. The SMILES string of the molecule is O=C1CC(C2=NCCc3ccccc32)CCN1. The van der Waals surface area contributed by atoms with Gasteiger partial charge in [0.2, 0.25) is 5.91 Å². The summed E-state index contributed by atoms with van der Waals surface area (Å²) in [5.74, 6) is 0.470. The standard InChI is InChI=1S/C14H16N2O/c17-13-9-11(6-7-15-13)14-12-4-2-1-3-10(12)5-8-16-14/h1-4,11H,5-9H2,(H,15,17). The molecule has 3 nitrogen and oxygen atoms in total. The Kier molecular flexibility index (Phi) is 2.67. The van der Waals surface area contributed by atoms with Gasteiger partial charge in [0.15, 0.2) is 0 Å². The zero-order chi connectivity index (χ0) is 11.7. The number of nitrogens with zero attached hydrogens (tertiary/aromatic N) is 1. The summed E-state index contributed by atoms with van der Waals surface area (Å²) < 4.78 is 0. The average molecular weight is 228 g/mol. The van der Waals surface area contributed by atoms with Crippen molar-refractivity contribution in [1.29, 1.82) is 0 Å². The van der Waals surface area contributed by atoms with Crippen molar-refractivity contribution in [3.63, 3.8) is 0 Å². The Morgan fingerprint density at radius 1 is 1.29 bits per heavy atom. The van der Waals surface area contributed by atoms with E-state index in [0.29, 0.717) is 12.3 Å². The summed E-state index contributed by atoms with van der Waals surface area (Å²) in [5, 5.41) is 2.88. The van der Waals surface area contributed by atoms with Gasteiger partial charge in [0, 0.05) is 31.1 Å². The first-order valence-electron chi connectivity index (χ1n) is 6.24. The second-order valence-electron chi connectivity index (χ2n) is 4.71. The fourth-order valence-electron chi connectivity index (χ4n) is 2.74. The molecule has 1 aromatic rings. The first kappa shape index (κ1) is 10.5. The number of carbonyl (C=O) groups is 1. The summed E-state index contributed by atoms with van der Waals surface area (Å²) in [6.07, 6.45) is 2.63. The smallest absolute Gasteiger partial charge is 0.220 e. The summed E-state index contributed by atoms with van der Waals surface area (Å²) in [5.41, 5.74) is 3.80. The largest absolute Gasteiger partial charge is 0.356 e. The molecule has 1 unspecified atom stereocenters. The van der Waals surface area contributed by atoms with Crippen molar-refractivity contribution < 1.29 is 4.79 Å². The van der Waals surface area contributed by atoms with Gasteiger partial charge in [-0.1, -0.05) is 24.3 Å². The van der Waals surface area contributed by atoms with Gasteiger partial charge in [-0.25, -0.2) is 0 Å². The minimum absolute atomic E-state index is 0.159. The summed E-state index contributed by atoms with van der Waals surface area (Å²) in [6, 6.07) is 8.45. The van der Waals surface area contributed by atoms with Crippen LogP contribution in [0, 0.1) is 5.92 Å². The molecular formula is C14H16N2O. The molecule has 3 rings (SSSR count). The normalized spacial score (nSPS) is 23.6. The van der Waals surface area contributed by atoms with Crippen molar-refractivity contribution in [2.45, 2.75) is 19.3 Å². The highest BCUT2D eigenvalue weighted by atomic mass is 16.1. The van der Waals surface area contributed by atoms with E-state index in [9.17, 15) is 4.79 Å². The number of aliphatic imine (C=N–C) groups is 1. The number of amides is 1. The molecule has 0 spiro atoms. The van der Waals surface area contributed by atoms with E-state index in [-0.39, 0.29) is 5.91 Å². The van der Waals surface area contributed by atoms with Crippen LogP contribution in [0.5, 0.6) is 0 Å². The first-order chi connectivity index (χ1) is 8.34. The Labute approximate surface area is 101 Å². The fourth-order valence-corrected chi connectivity index (χ4v) is 2.74. The molecule has 2 aliphatic rings. The van der Waals surface area contributed by atoms with Crippen LogP contribution in [0.25, 0.3) is 0 Å². The number of hydrogen-bond donors (Lipinski definition) is 1. The van der Waals surface area contributed by atoms with Gasteiger partial charge in [0.1, 0.15) is 0 Å². The van der Waals surface area contributed by atoms with Gasteiger partial charge in [0.05, 0.1) is 0 Å². The van der Waals surface area contributed by atoms with Gasteiger partial charge in [-0.2, -0.15) is 0 Å². The minimum Gasteiger partial charge on any atom is -0.356 e. The highest BCUT2D eigenvalue weighted by Gasteiger charge is 2.27. The van der Waals surface area contributed by atoms with E-state index in [1.54, 1.807) is 0 Å². The molecule has 3 heteroatoms. The average Bonchev–Trinajstić information content (AvgIpc) is 2.38. The van der Waals surface area contributed by atoms with Crippen molar-refractivity contribution in [2.24, 2.45) is 10.9 Å². The van der Waals surface area contributed by atoms with Crippen molar-refractivity contribution in [3.8, 4) is 0 Å². The third-order valence-electron chi connectivity index (χ3n) is 3.59. The molecule has 0 aliphatic carbocycles. The highest BCUT2D eigenvalue weighted by molar-refractivity contribution is 6.05. The predicted molar refractivity (Wildman–Crippen MR) is 67.3 cm³/mol. The Balaban J connectivity index is 1.92. The second-order valence-corrected chi connectivity index (χ2v) is 4.71.